The van der Waals surface area contributed by atoms with Crippen LogP contribution in [-0.2, 0) is 10.2 Å². The minimum Gasteiger partial charge on any atom is -0.210 e. The maximum Gasteiger partial charge on any atom is 0.335 e. The lowest BCUT2D eigenvalue weighted by atomic mass is 10.5. The van der Waals surface area contributed by atoms with Crippen LogP contribution in [0, 0.1) is 6.92 Å². The molecular weight excluding hydrogens is 209 g/mol. The Morgan fingerprint density at radius 1 is 1.54 bits per heavy atom. The van der Waals surface area contributed by atoms with Crippen LogP contribution in [0.3, 0.4) is 0 Å². The van der Waals surface area contributed by atoms with Gasteiger partial charge in [0.05, 0.1) is 11.9 Å². The van der Waals surface area contributed by atoms with Gasteiger partial charge in [0.1, 0.15) is 4.90 Å². The first kappa shape index (κ1) is 10.0. The zero-order chi connectivity index (χ0) is 10.2. The van der Waals surface area contributed by atoms with Crippen LogP contribution in [0.5, 0.6) is 0 Å². The van der Waals surface area contributed by atoms with Crippen molar-refractivity contribution in [3.63, 3.8) is 0 Å². The van der Waals surface area contributed by atoms with E-state index in [0.717, 1.165) is 6.92 Å². The first-order valence-electron chi connectivity index (χ1n) is 3.11. The van der Waals surface area contributed by atoms with Crippen molar-refractivity contribution in [3.05, 3.63) is 11.9 Å². The maximum atomic E-state index is 12.3. The van der Waals surface area contributed by atoms with Crippen molar-refractivity contribution < 1.29 is 21.1 Å². The SMILES string of the molecule is Cc1nn(C(F)F)cc1S(=O)(=O)F. The lowest BCUT2D eigenvalue weighted by molar-refractivity contribution is 0.0561. The minimum absolute atomic E-state index is 0.0851. The molecule has 0 aromatic carbocycles. The molecule has 0 saturated heterocycles. The summed E-state index contributed by atoms with van der Waals surface area (Å²) in [7, 11) is -4.96. The van der Waals surface area contributed by atoms with Crippen molar-refractivity contribution in [2.24, 2.45) is 0 Å². The van der Waals surface area contributed by atoms with Gasteiger partial charge in [0, 0.05) is 0 Å². The number of rotatable bonds is 2. The van der Waals surface area contributed by atoms with Crippen LogP contribution < -0.4 is 0 Å². The highest BCUT2D eigenvalue weighted by Crippen LogP contribution is 2.19. The van der Waals surface area contributed by atoms with E-state index >= 15 is 0 Å². The smallest absolute Gasteiger partial charge is 0.210 e. The molecule has 0 radical (unpaired) electrons. The summed E-state index contributed by atoms with van der Waals surface area (Å²) in [4.78, 5) is -0.826. The third-order valence-electron chi connectivity index (χ3n) is 1.33. The Labute approximate surface area is 72.2 Å². The molecule has 0 bridgehead atoms. The van der Waals surface area contributed by atoms with Gasteiger partial charge in [-0.2, -0.15) is 22.3 Å². The van der Waals surface area contributed by atoms with E-state index in [4.69, 9.17) is 0 Å². The van der Waals surface area contributed by atoms with Crippen LogP contribution in [-0.4, -0.2) is 18.2 Å². The van der Waals surface area contributed by atoms with Gasteiger partial charge in [-0.05, 0) is 6.92 Å². The van der Waals surface area contributed by atoms with Gasteiger partial charge in [-0.3, -0.25) is 0 Å². The Balaban J connectivity index is 3.27. The first-order valence-corrected chi connectivity index (χ1v) is 4.49. The van der Waals surface area contributed by atoms with E-state index in [1.54, 1.807) is 0 Å². The quantitative estimate of drug-likeness (QED) is 0.696. The Bertz CT molecular complexity index is 411. The lowest BCUT2D eigenvalue weighted by Crippen LogP contribution is -1.97. The molecule has 1 aromatic rings. The molecule has 1 aromatic heterocycles. The zero-order valence-electron chi connectivity index (χ0n) is 6.41. The molecule has 0 saturated carbocycles. The van der Waals surface area contributed by atoms with Crippen LogP contribution in [0.2, 0.25) is 0 Å². The fourth-order valence-corrected chi connectivity index (χ4v) is 1.43. The number of nitrogens with zero attached hydrogens (tertiary/aromatic N) is 2. The molecule has 0 atom stereocenters. The highest BCUT2D eigenvalue weighted by molar-refractivity contribution is 7.86. The van der Waals surface area contributed by atoms with E-state index in [0.29, 0.717) is 6.20 Å². The Morgan fingerprint density at radius 3 is 2.31 bits per heavy atom. The summed E-state index contributed by atoms with van der Waals surface area (Å²) in [5, 5.41) is 3.12. The van der Waals surface area contributed by atoms with Crippen LogP contribution in [0.1, 0.15) is 12.2 Å². The molecule has 13 heavy (non-hydrogen) atoms. The average molecular weight is 214 g/mol. The molecule has 0 amide bonds. The molecule has 1 heterocycles. The fraction of sp³-hybridized carbons (Fsp3) is 0.400. The summed E-state index contributed by atoms with van der Waals surface area (Å²) in [5.41, 5.74) is -0.289. The highest BCUT2D eigenvalue weighted by Gasteiger charge is 2.21. The molecule has 0 aliphatic heterocycles. The van der Waals surface area contributed by atoms with Crippen molar-refractivity contribution in [2.45, 2.75) is 18.4 Å². The summed E-state index contributed by atoms with van der Waals surface area (Å²) in [6, 6.07) is 0. The minimum atomic E-state index is -4.96. The van der Waals surface area contributed by atoms with Gasteiger partial charge in [0.15, 0.2) is 0 Å². The van der Waals surface area contributed by atoms with E-state index in [1.807, 2.05) is 0 Å². The number of hydrogen-bond donors (Lipinski definition) is 0. The molecular formula is C5H5F3N2O2S. The van der Waals surface area contributed by atoms with E-state index in [1.165, 1.54) is 0 Å². The van der Waals surface area contributed by atoms with Gasteiger partial charge < -0.3 is 0 Å². The van der Waals surface area contributed by atoms with Gasteiger partial charge in [-0.25, -0.2) is 4.68 Å². The summed E-state index contributed by atoms with van der Waals surface area (Å²) in [6.07, 6.45) is 0.454. The second-order valence-corrected chi connectivity index (χ2v) is 3.59. The molecule has 74 valence electrons. The lowest BCUT2D eigenvalue weighted by Gasteiger charge is -1.94. The molecule has 0 fully saturated rings. The monoisotopic (exact) mass is 214 g/mol. The normalized spacial score (nSPS) is 12.4. The van der Waals surface area contributed by atoms with Gasteiger partial charge in [0.25, 0.3) is 0 Å². The Kier molecular flexibility index (Phi) is 2.33. The molecule has 8 heteroatoms. The summed E-state index contributed by atoms with van der Waals surface area (Å²) < 4.78 is 56.9. The molecule has 0 N–H and O–H groups in total. The molecule has 0 aliphatic carbocycles. The van der Waals surface area contributed by atoms with Crippen LogP contribution >= 0.6 is 0 Å². The van der Waals surface area contributed by atoms with Gasteiger partial charge >= 0.3 is 16.8 Å². The number of aromatic nitrogens is 2. The van der Waals surface area contributed by atoms with Gasteiger partial charge in [-0.15, -0.1) is 3.89 Å². The topological polar surface area (TPSA) is 52.0 Å². The van der Waals surface area contributed by atoms with E-state index in [-0.39, 0.29) is 10.4 Å². The maximum absolute atomic E-state index is 12.3. The largest absolute Gasteiger partial charge is 0.335 e. The Hall–Kier alpha value is -1.05. The van der Waals surface area contributed by atoms with Gasteiger partial charge in [0.2, 0.25) is 0 Å². The summed E-state index contributed by atoms with van der Waals surface area (Å²) >= 11 is 0. The van der Waals surface area contributed by atoms with Crippen molar-refractivity contribution in [3.8, 4) is 0 Å². The van der Waals surface area contributed by atoms with Crippen molar-refractivity contribution in [2.75, 3.05) is 0 Å². The molecule has 4 nitrogen and oxygen atoms in total. The summed E-state index contributed by atoms with van der Waals surface area (Å²) in [6.45, 7) is -1.85. The second kappa shape index (κ2) is 3.02. The third kappa shape index (κ3) is 2.00. The predicted molar refractivity (Wildman–Crippen MR) is 36.5 cm³/mol. The van der Waals surface area contributed by atoms with E-state index in [9.17, 15) is 21.1 Å². The van der Waals surface area contributed by atoms with Crippen molar-refractivity contribution in [1.82, 2.24) is 9.78 Å². The zero-order valence-corrected chi connectivity index (χ0v) is 7.22. The standard InChI is InChI=1S/C5H5F3N2O2S/c1-3-4(13(8,11)12)2-10(9-3)5(6)7/h2,5H,1H3. The van der Waals surface area contributed by atoms with E-state index in [2.05, 4.69) is 5.10 Å². The number of alkyl halides is 2. The molecule has 1 rings (SSSR count). The molecule has 0 unspecified atom stereocenters. The number of hydrogen-bond acceptors (Lipinski definition) is 3. The molecule has 0 spiro atoms. The Morgan fingerprint density at radius 2 is 2.08 bits per heavy atom. The number of halogens is 3. The third-order valence-corrected chi connectivity index (χ3v) is 2.26. The first-order chi connectivity index (χ1) is 5.82. The number of aryl methyl sites for hydroxylation is 1. The van der Waals surface area contributed by atoms with Crippen LogP contribution in [0.15, 0.2) is 11.1 Å². The molecule has 0 aliphatic rings. The second-order valence-electron chi connectivity index (χ2n) is 2.27. The highest BCUT2D eigenvalue weighted by atomic mass is 32.3. The van der Waals surface area contributed by atoms with E-state index < -0.39 is 21.7 Å². The fourth-order valence-electron chi connectivity index (χ4n) is 0.804. The predicted octanol–water partition coefficient (Wildman–Crippen LogP) is 1.24. The van der Waals surface area contributed by atoms with Crippen molar-refractivity contribution >= 4 is 10.2 Å². The average Bonchev–Trinajstić information content (AvgIpc) is 2.29. The summed E-state index contributed by atoms with van der Waals surface area (Å²) in [5.74, 6) is 0. The van der Waals surface area contributed by atoms with Crippen LogP contribution in [0.25, 0.3) is 0 Å². The van der Waals surface area contributed by atoms with Crippen molar-refractivity contribution in [1.29, 1.82) is 0 Å². The van der Waals surface area contributed by atoms with Gasteiger partial charge in [-0.1, -0.05) is 0 Å². The van der Waals surface area contributed by atoms with Crippen LogP contribution in [0.4, 0.5) is 12.7 Å².